The summed E-state index contributed by atoms with van der Waals surface area (Å²) in [4.78, 5) is 36.3. The fourth-order valence-electron chi connectivity index (χ4n) is 6.12. The average Bonchev–Trinajstić information content (AvgIpc) is 3.59. The Hall–Kier alpha value is -2.88. The van der Waals surface area contributed by atoms with E-state index in [1.807, 2.05) is 44.4 Å². The van der Waals surface area contributed by atoms with Crippen molar-refractivity contribution in [3.8, 4) is 0 Å². The molecule has 0 amide bonds. The molecule has 1 fully saturated rings. The Labute approximate surface area is 265 Å². The van der Waals surface area contributed by atoms with Crippen LogP contribution in [-0.2, 0) is 25.5 Å². The van der Waals surface area contributed by atoms with Crippen LogP contribution >= 0.6 is 11.3 Å². The van der Waals surface area contributed by atoms with Crippen LogP contribution in [0.15, 0.2) is 40.2 Å². The number of esters is 1. The van der Waals surface area contributed by atoms with Crippen LogP contribution in [0.3, 0.4) is 0 Å². The van der Waals surface area contributed by atoms with Crippen molar-refractivity contribution in [2.45, 2.75) is 117 Å². The summed E-state index contributed by atoms with van der Waals surface area (Å²) in [7, 11) is 0. The molecule has 1 saturated heterocycles. The number of Topliss-reactive ketones (excluding diaryl/α,β-unsaturated/α-hetero) is 1. The maximum absolute atomic E-state index is 13.4. The van der Waals surface area contributed by atoms with E-state index in [2.05, 4.69) is 24.0 Å². The number of hydrogen-bond donors (Lipinski definition) is 2. The van der Waals surface area contributed by atoms with Gasteiger partial charge in [0.25, 0.3) is 0 Å². The summed E-state index contributed by atoms with van der Waals surface area (Å²) in [5.41, 5.74) is 2.49. The number of hydrogen-bond acceptors (Lipinski definition) is 9. The number of ether oxygens (including phenoxy) is 2. The second kappa shape index (κ2) is 14.5. The van der Waals surface area contributed by atoms with Crippen molar-refractivity contribution in [1.82, 2.24) is 4.98 Å². The van der Waals surface area contributed by atoms with Crippen molar-refractivity contribution in [3.05, 3.63) is 57.0 Å². The van der Waals surface area contributed by atoms with E-state index >= 15 is 0 Å². The van der Waals surface area contributed by atoms with Gasteiger partial charge < -0.3 is 19.7 Å². The van der Waals surface area contributed by atoms with Gasteiger partial charge >= 0.3 is 5.97 Å². The Morgan fingerprint density at radius 3 is 2.45 bits per heavy atom. The number of ketones is 1. The third kappa shape index (κ3) is 8.03. The monoisotopic (exact) mass is 624 g/mol. The maximum atomic E-state index is 13.4. The Morgan fingerprint density at radius 2 is 1.82 bits per heavy atom. The number of aryl methyl sites for hydroxylation is 2. The van der Waals surface area contributed by atoms with E-state index in [0.29, 0.717) is 18.7 Å². The molecular formula is C35H48N2O6S. The highest BCUT2D eigenvalue weighted by molar-refractivity contribution is 7.09. The molecule has 0 spiro atoms. The molecule has 0 saturated carbocycles. The Balaban J connectivity index is 1.67. The number of thiazole rings is 1. The highest BCUT2D eigenvalue weighted by Crippen LogP contribution is 2.34. The molecule has 0 radical (unpaired) electrons. The molecule has 2 N–H and O–H groups in total. The summed E-state index contributed by atoms with van der Waals surface area (Å²) in [5, 5.41) is 25.1. The van der Waals surface area contributed by atoms with Gasteiger partial charge in [0.1, 0.15) is 18.0 Å². The van der Waals surface area contributed by atoms with Crippen LogP contribution in [-0.4, -0.2) is 63.3 Å². The van der Waals surface area contributed by atoms with E-state index in [1.165, 1.54) is 5.56 Å². The van der Waals surface area contributed by atoms with Gasteiger partial charge in [-0.05, 0) is 68.4 Å². The standard InChI is InChI=1S/C35H48N2O6S/c1-8-24-12-14-25(15-13-24)34-37-27-11-9-10-20(2)32(40)22(4)33(41)35(6,7)30(38)18-31(39)42-28(17-29(27)43-34)21(3)16-26-19-44-23(5)36-26/h12-16,19-20,22,27-30,32,38,40H,8-11,17-18H2,1-7H3/b21-16+/t20-,22+,27-,28-,29-,30-,32-/m0/s1. The lowest BCUT2D eigenvalue weighted by molar-refractivity contribution is -0.155. The summed E-state index contributed by atoms with van der Waals surface area (Å²) in [6.45, 7) is 12.9. The van der Waals surface area contributed by atoms with Crippen LogP contribution in [0.5, 0.6) is 0 Å². The van der Waals surface area contributed by atoms with Gasteiger partial charge in [-0.15, -0.1) is 11.3 Å². The molecular weight excluding hydrogens is 576 g/mol. The predicted octanol–water partition coefficient (Wildman–Crippen LogP) is 6.10. The van der Waals surface area contributed by atoms with Gasteiger partial charge in [-0.25, -0.2) is 9.98 Å². The first-order chi connectivity index (χ1) is 20.8. The molecule has 240 valence electrons. The van der Waals surface area contributed by atoms with Gasteiger partial charge in [-0.1, -0.05) is 53.2 Å². The molecule has 44 heavy (non-hydrogen) atoms. The largest absolute Gasteiger partial charge is 0.472 e. The molecule has 1 aromatic heterocycles. The quantitative estimate of drug-likeness (QED) is 0.395. The third-order valence-electron chi connectivity index (χ3n) is 9.32. The molecule has 8 nitrogen and oxygen atoms in total. The second-order valence-corrected chi connectivity index (χ2v) is 14.2. The summed E-state index contributed by atoms with van der Waals surface area (Å²) in [6.07, 6.45) is 1.96. The van der Waals surface area contributed by atoms with Gasteiger partial charge in [0.15, 0.2) is 0 Å². The van der Waals surface area contributed by atoms with Crippen LogP contribution in [0.1, 0.15) is 95.5 Å². The molecule has 0 bridgehead atoms. The number of aliphatic hydroxyl groups excluding tert-OH is 2. The number of aromatic nitrogens is 1. The SMILES string of the molecule is CCc1ccc(C2=N[C@H]3CCC[C@H](C)[C@H](O)[C@@H](C)C(=O)C(C)(C)[C@@H](O)CC(=O)O[C@H](/C(C)=C/c4csc(C)n4)C[C@@H]3O2)cc1. The fraction of sp³-hybridized carbons (Fsp3) is 0.600. The first kappa shape index (κ1) is 34.0. The number of nitrogens with zero attached hydrogens (tertiary/aromatic N) is 2. The molecule has 4 rings (SSSR count). The summed E-state index contributed by atoms with van der Waals surface area (Å²) in [5.74, 6) is -1.14. The molecule has 1 aromatic carbocycles. The number of carbonyl (C=O) groups is 2. The lowest BCUT2D eigenvalue weighted by Gasteiger charge is -2.34. The minimum Gasteiger partial charge on any atom is -0.472 e. The molecule has 0 aliphatic carbocycles. The number of aliphatic imine (C=N–C) groups is 1. The number of aliphatic hydroxyl groups is 2. The van der Waals surface area contributed by atoms with Crippen LogP contribution < -0.4 is 0 Å². The van der Waals surface area contributed by atoms with Crippen molar-refractivity contribution in [1.29, 1.82) is 0 Å². The van der Waals surface area contributed by atoms with E-state index in [1.54, 1.807) is 32.1 Å². The molecule has 7 atom stereocenters. The summed E-state index contributed by atoms with van der Waals surface area (Å²) >= 11 is 1.55. The van der Waals surface area contributed by atoms with E-state index in [0.717, 1.165) is 41.1 Å². The first-order valence-corrected chi connectivity index (χ1v) is 16.7. The van der Waals surface area contributed by atoms with Gasteiger partial charge in [-0.2, -0.15) is 0 Å². The van der Waals surface area contributed by atoms with Crippen molar-refractivity contribution in [3.63, 3.8) is 0 Å². The van der Waals surface area contributed by atoms with Crippen molar-refractivity contribution >= 4 is 35.1 Å². The van der Waals surface area contributed by atoms with E-state index in [4.69, 9.17) is 14.5 Å². The van der Waals surface area contributed by atoms with Crippen molar-refractivity contribution in [2.75, 3.05) is 0 Å². The average molecular weight is 625 g/mol. The fourth-order valence-corrected chi connectivity index (χ4v) is 6.69. The van der Waals surface area contributed by atoms with Crippen LogP contribution in [0.2, 0.25) is 0 Å². The molecule has 2 aliphatic rings. The summed E-state index contributed by atoms with van der Waals surface area (Å²) in [6, 6.07) is 8.04. The molecule has 3 heterocycles. The second-order valence-electron chi connectivity index (χ2n) is 13.1. The normalized spacial score (nSPS) is 30.7. The molecule has 9 heteroatoms. The first-order valence-electron chi connectivity index (χ1n) is 15.8. The van der Waals surface area contributed by atoms with Gasteiger partial charge in [0.2, 0.25) is 5.90 Å². The van der Waals surface area contributed by atoms with E-state index in [-0.39, 0.29) is 30.3 Å². The van der Waals surface area contributed by atoms with E-state index in [9.17, 15) is 19.8 Å². The minimum atomic E-state index is -1.28. The van der Waals surface area contributed by atoms with Crippen molar-refractivity contribution < 1.29 is 29.3 Å². The predicted molar refractivity (Wildman–Crippen MR) is 174 cm³/mol. The van der Waals surface area contributed by atoms with Crippen LogP contribution in [0.25, 0.3) is 6.08 Å². The molecule has 2 aromatic rings. The van der Waals surface area contributed by atoms with Crippen LogP contribution in [0, 0.1) is 24.2 Å². The van der Waals surface area contributed by atoms with Crippen LogP contribution in [0.4, 0.5) is 0 Å². The molecule has 0 unspecified atom stereocenters. The highest BCUT2D eigenvalue weighted by Gasteiger charge is 2.43. The number of fused-ring (bicyclic) bond motifs is 1. The zero-order chi connectivity index (χ0) is 32.2. The third-order valence-corrected chi connectivity index (χ3v) is 10.1. The lowest BCUT2D eigenvalue weighted by atomic mass is 9.73. The van der Waals surface area contributed by atoms with E-state index < -0.39 is 35.6 Å². The topological polar surface area (TPSA) is 118 Å². The minimum absolute atomic E-state index is 0.134. The number of rotatable bonds is 4. The highest BCUT2D eigenvalue weighted by atomic mass is 32.1. The maximum Gasteiger partial charge on any atom is 0.309 e. The van der Waals surface area contributed by atoms with Gasteiger partial charge in [-0.3, -0.25) is 9.59 Å². The Kier molecular flexibility index (Phi) is 11.2. The Bertz CT molecular complexity index is 1360. The zero-order valence-corrected chi connectivity index (χ0v) is 27.9. The number of cyclic esters (lactones) is 1. The summed E-state index contributed by atoms with van der Waals surface area (Å²) < 4.78 is 12.6. The lowest BCUT2D eigenvalue weighted by Crippen LogP contribution is -2.46. The molecule has 2 aliphatic heterocycles. The number of carbonyl (C=O) groups excluding carboxylic acids is 2. The zero-order valence-electron chi connectivity index (χ0n) is 27.1. The van der Waals surface area contributed by atoms with Gasteiger partial charge in [0, 0.05) is 23.3 Å². The van der Waals surface area contributed by atoms with Crippen molar-refractivity contribution in [2.24, 2.45) is 22.2 Å². The Morgan fingerprint density at radius 1 is 1.11 bits per heavy atom. The van der Waals surface area contributed by atoms with Gasteiger partial charge in [0.05, 0.1) is 40.8 Å². The smallest absolute Gasteiger partial charge is 0.309 e. The number of benzene rings is 1.